The standard InChI is InChI=1S/C51H56N2O11S2/c54-20-27-5-1-4-26(10-27)11-28-12-36-41(58)33-7-2-8-37-40(33)43(59)50(36,38(57)13-28)24-65-66-25-53-39-16-35-34(19-52-39)29-14-30-17-48(23-56)46(61)51(62,44(60)45(63-37)64-48)42(30)49(35)22-47(18-32(49)15-29)9-3-6-31(47)21-55/h1-2,4-5,7-8,10,12-13,16,21,29-32,36,42,44-46,52-54,56-57,60-62H,3,6,9,11,14-15,17-20,22-25H2/t29-,30+,31+,32+,36-,42+,44+,45-,46-,47-,48-,49+,50+,51-/m1/s1. The van der Waals surface area contributed by atoms with E-state index in [1.54, 1.807) is 24.3 Å². The van der Waals surface area contributed by atoms with Gasteiger partial charge in [-0.2, -0.15) is 0 Å². The highest BCUT2D eigenvalue weighted by Crippen LogP contribution is 2.77. The van der Waals surface area contributed by atoms with Gasteiger partial charge in [-0.15, -0.1) is 0 Å². The molecule has 3 heterocycles. The van der Waals surface area contributed by atoms with Crippen LogP contribution in [-0.2, 0) is 22.6 Å². The second kappa shape index (κ2) is 15.3. The minimum Gasteiger partial charge on any atom is -0.511 e. The number of rotatable bonds is 5. The van der Waals surface area contributed by atoms with E-state index in [1.807, 2.05) is 24.3 Å². The van der Waals surface area contributed by atoms with Gasteiger partial charge in [-0.25, -0.2) is 0 Å². The summed E-state index contributed by atoms with van der Waals surface area (Å²) in [6, 6.07) is 12.1. The Morgan fingerprint density at radius 1 is 0.985 bits per heavy atom. The number of allylic oxidation sites excluding steroid dienone is 6. The second-order valence-corrected chi connectivity index (χ2v) is 23.5. The van der Waals surface area contributed by atoms with Crippen LogP contribution in [0.5, 0.6) is 5.75 Å². The molecule has 348 valence electrons. The van der Waals surface area contributed by atoms with Crippen LogP contribution < -0.4 is 15.4 Å². The van der Waals surface area contributed by atoms with Crippen molar-refractivity contribution in [2.24, 2.45) is 51.8 Å². The Hall–Kier alpha value is -3.93. The van der Waals surface area contributed by atoms with Crippen molar-refractivity contribution < 1.29 is 54.5 Å². The van der Waals surface area contributed by atoms with Crippen molar-refractivity contribution in [3.05, 3.63) is 111 Å². The van der Waals surface area contributed by atoms with Gasteiger partial charge >= 0.3 is 0 Å². The number of fused-ring (bicyclic) bond motifs is 2. The van der Waals surface area contributed by atoms with Gasteiger partial charge in [0.2, 0.25) is 6.29 Å². The molecule has 10 bridgehead atoms. The zero-order valence-corrected chi connectivity index (χ0v) is 38.1. The highest BCUT2D eigenvalue weighted by atomic mass is 33.1. The van der Waals surface area contributed by atoms with E-state index in [-0.39, 0.29) is 70.5 Å². The zero-order chi connectivity index (χ0) is 45.5. The van der Waals surface area contributed by atoms with E-state index in [2.05, 4.69) is 16.7 Å². The largest absolute Gasteiger partial charge is 0.511 e. The topological polar surface area (TPSA) is 215 Å². The maximum Gasteiger partial charge on any atom is 0.229 e. The molecule has 3 aliphatic heterocycles. The van der Waals surface area contributed by atoms with Crippen LogP contribution >= 0.6 is 21.6 Å². The molecule has 8 aliphatic carbocycles. The quantitative estimate of drug-likeness (QED) is 0.149. The maximum atomic E-state index is 15.5. The summed E-state index contributed by atoms with van der Waals surface area (Å²) < 4.78 is 13.2. The fraction of sp³-hybridized carbons (Fsp3) is 0.549. The summed E-state index contributed by atoms with van der Waals surface area (Å²) in [5, 5.41) is 79.8. The molecule has 13 rings (SSSR count). The normalized spacial score (nSPS) is 42.9. The van der Waals surface area contributed by atoms with Crippen molar-refractivity contribution in [1.29, 1.82) is 0 Å². The minimum absolute atomic E-state index is 0.0217. The Labute approximate surface area is 390 Å². The van der Waals surface area contributed by atoms with Crippen molar-refractivity contribution >= 4 is 39.4 Å². The molecule has 15 heteroatoms. The van der Waals surface area contributed by atoms with E-state index >= 15 is 4.79 Å². The number of hydrogen-bond donors (Lipinski definition) is 8. The summed E-state index contributed by atoms with van der Waals surface area (Å²) in [5.74, 6) is -2.19. The molecule has 0 unspecified atom stereocenters. The lowest BCUT2D eigenvalue weighted by Gasteiger charge is -2.65. The average Bonchev–Trinajstić information content (AvgIpc) is 3.80. The fourth-order valence-electron chi connectivity index (χ4n) is 15.7. The molecular weight excluding hydrogens is 881 g/mol. The predicted molar refractivity (Wildman–Crippen MR) is 245 cm³/mol. The molecule has 66 heavy (non-hydrogen) atoms. The molecule has 1 saturated heterocycles. The molecule has 0 aromatic heterocycles. The van der Waals surface area contributed by atoms with Crippen LogP contribution in [0.4, 0.5) is 0 Å². The Balaban J connectivity index is 1.01. The van der Waals surface area contributed by atoms with Crippen LogP contribution in [0.3, 0.4) is 0 Å². The lowest BCUT2D eigenvalue weighted by atomic mass is 9.46. The van der Waals surface area contributed by atoms with Crippen molar-refractivity contribution in [1.82, 2.24) is 10.6 Å². The Bertz CT molecular complexity index is 2580. The number of Topliss-reactive ketones (excluding diaryl/α,β-unsaturated/α-hetero) is 2. The second-order valence-electron chi connectivity index (χ2n) is 21.1. The Morgan fingerprint density at radius 3 is 2.64 bits per heavy atom. The molecule has 8 N–H and O–H groups in total. The van der Waals surface area contributed by atoms with Crippen molar-refractivity contribution in [2.45, 2.75) is 94.1 Å². The van der Waals surface area contributed by atoms with Crippen LogP contribution in [0, 0.1) is 51.8 Å². The van der Waals surface area contributed by atoms with E-state index in [0.717, 1.165) is 60.9 Å². The Kier molecular flexibility index (Phi) is 10.0. The van der Waals surface area contributed by atoms with Gasteiger partial charge in [0.25, 0.3) is 0 Å². The smallest absolute Gasteiger partial charge is 0.229 e. The van der Waals surface area contributed by atoms with Gasteiger partial charge in [-0.05, 0) is 121 Å². The number of hydrogen-bond acceptors (Lipinski definition) is 15. The van der Waals surface area contributed by atoms with Gasteiger partial charge in [-0.1, -0.05) is 70.5 Å². The molecule has 4 saturated carbocycles. The summed E-state index contributed by atoms with van der Waals surface area (Å²) in [5.41, 5.74) is -2.27. The molecule has 2 aromatic carbocycles. The number of dihydropyridines is 1. The van der Waals surface area contributed by atoms with Gasteiger partial charge in [0, 0.05) is 35.1 Å². The van der Waals surface area contributed by atoms with E-state index in [1.165, 1.54) is 33.2 Å². The van der Waals surface area contributed by atoms with E-state index < -0.39 is 70.5 Å². The number of ether oxygens (including phenoxy) is 2. The van der Waals surface area contributed by atoms with E-state index in [0.29, 0.717) is 37.3 Å². The number of nitrogens with one attached hydrogen (secondary N) is 2. The number of ketones is 2. The summed E-state index contributed by atoms with van der Waals surface area (Å²) in [7, 11) is 2.83. The number of aliphatic hydroxyl groups excluding tert-OH is 5. The SMILES string of the molecule is O=C[C@@H]1CCC[C@]12C[C@@H]1C[C@H]3C[C@H]4C[C@]5(CO)O[C@H]6Oc7cccc8c7C(=O)[C@]7(CSSCNC9=CC(=C3CN9)[C@@]1(C2)[C@H]4[C@](O)([C@@H]5O)[C@H]6O)C(O)=CC(Cc1cccc(CO)c1)=C[C@@H]7C8=O. The van der Waals surface area contributed by atoms with Gasteiger partial charge in [0.1, 0.15) is 46.6 Å². The van der Waals surface area contributed by atoms with Crippen molar-refractivity contribution in [3.63, 3.8) is 0 Å². The van der Waals surface area contributed by atoms with Crippen molar-refractivity contribution in [3.8, 4) is 5.75 Å². The van der Waals surface area contributed by atoms with Crippen molar-refractivity contribution in [2.75, 3.05) is 24.8 Å². The van der Waals surface area contributed by atoms with Crippen LogP contribution in [-0.4, -0.2) is 103 Å². The van der Waals surface area contributed by atoms with E-state index in [4.69, 9.17) is 9.47 Å². The molecule has 2 aromatic rings. The first-order chi connectivity index (χ1) is 31.9. The highest BCUT2D eigenvalue weighted by Gasteiger charge is 2.78. The molecule has 0 amide bonds. The first-order valence-corrected chi connectivity index (χ1v) is 26.0. The van der Waals surface area contributed by atoms with Gasteiger partial charge < -0.3 is 55.5 Å². The number of aldehydes is 1. The lowest BCUT2D eigenvalue weighted by Crippen LogP contribution is -2.81. The third-order valence-electron chi connectivity index (χ3n) is 18.3. The van der Waals surface area contributed by atoms with Gasteiger partial charge in [0.05, 0.1) is 36.4 Å². The van der Waals surface area contributed by atoms with Crippen LogP contribution in [0.2, 0.25) is 0 Å². The molecule has 11 aliphatic rings. The Morgan fingerprint density at radius 2 is 1.82 bits per heavy atom. The van der Waals surface area contributed by atoms with Crippen LogP contribution in [0.15, 0.2) is 89.0 Å². The highest BCUT2D eigenvalue weighted by molar-refractivity contribution is 8.76. The molecular formula is C51H56N2O11S2. The first kappa shape index (κ1) is 43.4. The maximum absolute atomic E-state index is 15.5. The molecule has 13 nitrogen and oxygen atoms in total. The summed E-state index contributed by atoms with van der Waals surface area (Å²) in [4.78, 5) is 43.3. The average molecular weight is 937 g/mol. The van der Waals surface area contributed by atoms with Crippen LogP contribution in [0.1, 0.15) is 83.2 Å². The molecule has 3 spiro atoms. The van der Waals surface area contributed by atoms with Gasteiger partial charge in [0.15, 0.2) is 11.6 Å². The third kappa shape index (κ3) is 5.74. The summed E-state index contributed by atoms with van der Waals surface area (Å²) >= 11 is 0. The predicted octanol–water partition coefficient (Wildman–Crippen LogP) is 4.83. The van der Waals surface area contributed by atoms with Gasteiger partial charge in [-0.3, -0.25) is 9.59 Å². The minimum atomic E-state index is -2.29. The third-order valence-corrected chi connectivity index (χ3v) is 20.5. The molecule has 14 atom stereocenters. The van der Waals surface area contributed by atoms with Crippen LogP contribution in [0.25, 0.3) is 0 Å². The first-order valence-electron chi connectivity index (χ1n) is 23.5. The monoisotopic (exact) mass is 936 g/mol. The molecule has 5 fully saturated rings. The van der Waals surface area contributed by atoms with E-state index in [9.17, 15) is 40.2 Å². The lowest BCUT2D eigenvalue weighted by molar-refractivity contribution is -0.392. The summed E-state index contributed by atoms with van der Waals surface area (Å²) in [6.45, 7) is -0.265. The molecule has 0 radical (unpaired) electrons. The number of benzene rings is 2. The number of aliphatic hydroxyl groups is 6. The number of carbonyl (C=O) groups excluding carboxylic acids is 3. The summed E-state index contributed by atoms with van der Waals surface area (Å²) in [6.07, 6.45) is 7.34. The fourth-order valence-corrected chi connectivity index (χ4v) is 17.9. The number of carbonyl (C=O) groups is 3. The zero-order valence-electron chi connectivity index (χ0n) is 36.5.